The van der Waals surface area contributed by atoms with Crippen LogP contribution in [0.25, 0.3) is 11.1 Å². The number of carboxylic acids is 1. The topological polar surface area (TPSA) is 158 Å². The second-order valence-corrected chi connectivity index (χ2v) is 16.4. The number of carbonyl (C=O) groups is 3. The molecule has 0 spiro atoms. The number of amides is 2. The number of aliphatic hydroxyl groups is 1. The normalized spacial score (nSPS) is 22.1. The molecular weight excluding hydrogens is 697 g/mol. The van der Waals surface area contributed by atoms with Gasteiger partial charge in [-0.1, -0.05) is 24.3 Å². The van der Waals surface area contributed by atoms with Gasteiger partial charge in [0.25, 0.3) is 11.8 Å². The summed E-state index contributed by atoms with van der Waals surface area (Å²) in [6, 6.07) is 11.7. The van der Waals surface area contributed by atoms with Crippen molar-refractivity contribution >= 4 is 29.2 Å². The molecule has 2 aromatic heterocycles. The number of nitrogens with zero attached hydrogens (tertiary/aromatic N) is 6. The van der Waals surface area contributed by atoms with Crippen LogP contribution in [0.15, 0.2) is 36.4 Å². The summed E-state index contributed by atoms with van der Waals surface area (Å²) in [7, 11) is 3.79. The lowest BCUT2D eigenvalue weighted by Gasteiger charge is -2.32. The summed E-state index contributed by atoms with van der Waals surface area (Å²) in [5, 5.41) is 25.4. The minimum absolute atomic E-state index is 0.0905. The molecule has 4 N–H and O–H groups in total. The Bertz CT molecular complexity index is 2180. The standard InChI is InChI=1S/C42H52N8O5/c1-26-28(29-8-6-10-31(27(29)2)46-39(53)37-44-33-24-50(21-22-51)19-12-35(33)48(37)4)7-5-9-30(26)45-38(52)36-43-32-23-49(18-11-34(32)47(36)3)20-17-41-13-15-42(25-41,16-14-41)40(54)55/h5-10,51H,11-25H2,1-4H3,(H,45,52)(H,46,53)(H,54,55). The van der Waals surface area contributed by atoms with E-state index in [4.69, 9.17) is 9.97 Å². The molecule has 2 aromatic carbocycles. The number of hydrogen-bond donors (Lipinski definition) is 4. The van der Waals surface area contributed by atoms with Crippen molar-refractivity contribution < 1.29 is 24.6 Å². The lowest BCUT2D eigenvalue weighted by molar-refractivity contribution is -0.148. The number of β-amino-alcohol motifs (C(OH)–C–C–N with tert-alkyl or cyclic N) is 1. The first-order chi connectivity index (χ1) is 26.4. The monoisotopic (exact) mass is 748 g/mol. The number of imidazole rings is 2. The highest BCUT2D eigenvalue weighted by molar-refractivity contribution is 6.04. The molecule has 2 amide bonds. The largest absolute Gasteiger partial charge is 0.481 e. The molecule has 4 heterocycles. The van der Waals surface area contributed by atoms with Gasteiger partial charge < -0.3 is 30.0 Å². The zero-order valence-electron chi connectivity index (χ0n) is 32.4. The van der Waals surface area contributed by atoms with Crippen molar-refractivity contribution in [1.82, 2.24) is 28.9 Å². The van der Waals surface area contributed by atoms with E-state index in [1.54, 1.807) is 0 Å². The van der Waals surface area contributed by atoms with E-state index in [0.29, 0.717) is 42.7 Å². The van der Waals surface area contributed by atoms with Crippen LogP contribution in [0.3, 0.4) is 0 Å². The van der Waals surface area contributed by atoms with Crippen molar-refractivity contribution in [2.24, 2.45) is 24.9 Å². The van der Waals surface area contributed by atoms with Gasteiger partial charge in [0.15, 0.2) is 11.6 Å². The van der Waals surface area contributed by atoms with Crippen LogP contribution in [0.1, 0.15) is 93.7 Å². The Kier molecular flexibility index (Phi) is 9.67. The van der Waals surface area contributed by atoms with Crippen molar-refractivity contribution in [3.05, 3.63) is 81.9 Å². The molecule has 0 saturated heterocycles. The number of aromatic nitrogens is 4. The Hall–Kier alpha value is -4.85. The first-order valence-corrected chi connectivity index (χ1v) is 19.6. The van der Waals surface area contributed by atoms with Crippen LogP contribution in [0.5, 0.6) is 0 Å². The van der Waals surface area contributed by atoms with Crippen LogP contribution in [0.2, 0.25) is 0 Å². The van der Waals surface area contributed by atoms with Crippen LogP contribution in [-0.2, 0) is 44.8 Å². The summed E-state index contributed by atoms with van der Waals surface area (Å²) >= 11 is 0. The number of carbonyl (C=O) groups excluding carboxylic acids is 2. The van der Waals surface area contributed by atoms with Gasteiger partial charge in [-0.05, 0) is 98.7 Å². The maximum absolute atomic E-state index is 13.8. The van der Waals surface area contributed by atoms with E-state index < -0.39 is 11.4 Å². The fraction of sp³-hybridized carbons (Fsp3) is 0.500. The molecule has 0 unspecified atom stereocenters. The summed E-state index contributed by atoms with van der Waals surface area (Å²) in [5.74, 6) is -0.422. The van der Waals surface area contributed by atoms with Gasteiger partial charge >= 0.3 is 5.97 Å². The zero-order chi connectivity index (χ0) is 38.6. The average molecular weight is 749 g/mol. The highest BCUT2D eigenvalue weighted by Crippen LogP contribution is 2.63. The molecule has 0 atom stereocenters. The van der Waals surface area contributed by atoms with Crippen LogP contribution < -0.4 is 10.6 Å². The number of hydrogen-bond acceptors (Lipinski definition) is 8. The van der Waals surface area contributed by atoms with Gasteiger partial charge in [0.05, 0.1) is 23.4 Å². The van der Waals surface area contributed by atoms with Gasteiger partial charge in [0.1, 0.15) is 0 Å². The lowest BCUT2D eigenvalue weighted by atomic mass is 9.80. The third-order valence-corrected chi connectivity index (χ3v) is 13.3. The fourth-order valence-electron chi connectivity index (χ4n) is 9.93. The van der Waals surface area contributed by atoms with E-state index in [1.165, 1.54) is 0 Å². The predicted octanol–water partition coefficient (Wildman–Crippen LogP) is 5.08. The van der Waals surface area contributed by atoms with Crippen LogP contribution in [0, 0.1) is 24.7 Å². The third kappa shape index (κ3) is 6.65. The van der Waals surface area contributed by atoms with Crippen molar-refractivity contribution in [2.75, 3.05) is 43.4 Å². The van der Waals surface area contributed by atoms with Crippen LogP contribution in [-0.4, -0.2) is 89.7 Å². The zero-order valence-corrected chi connectivity index (χ0v) is 32.4. The Labute approximate surface area is 321 Å². The molecule has 13 nitrogen and oxygen atoms in total. The van der Waals surface area contributed by atoms with Crippen molar-refractivity contribution in [1.29, 1.82) is 0 Å². The smallest absolute Gasteiger partial charge is 0.309 e. The molecule has 2 saturated carbocycles. The number of carboxylic acid groups (broad SMARTS) is 1. The molecule has 13 heteroatoms. The average Bonchev–Trinajstić information content (AvgIpc) is 3.93. The minimum Gasteiger partial charge on any atom is -0.481 e. The van der Waals surface area contributed by atoms with Crippen molar-refractivity contribution in [2.45, 2.75) is 78.3 Å². The molecular formula is C42H52N8O5. The molecule has 2 aliphatic heterocycles. The maximum Gasteiger partial charge on any atom is 0.309 e. The summed E-state index contributed by atoms with van der Waals surface area (Å²) in [4.78, 5) is 53.4. The Morgan fingerprint density at radius 1 is 0.745 bits per heavy atom. The number of nitrogens with one attached hydrogen (secondary N) is 2. The summed E-state index contributed by atoms with van der Waals surface area (Å²) in [5.41, 5.74) is 8.67. The molecule has 0 radical (unpaired) electrons. The number of anilines is 2. The van der Waals surface area contributed by atoms with Gasteiger partial charge in [-0.25, -0.2) is 9.97 Å². The van der Waals surface area contributed by atoms with Crippen molar-refractivity contribution in [3.63, 3.8) is 0 Å². The van der Waals surface area contributed by atoms with Crippen molar-refractivity contribution in [3.8, 4) is 11.1 Å². The van der Waals surface area contributed by atoms with Gasteiger partial charge in [-0.2, -0.15) is 0 Å². The lowest BCUT2D eigenvalue weighted by Crippen LogP contribution is -2.34. The van der Waals surface area contributed by atoms with Crippen LogP contribution >= 0.6 is 0 Å². The van der Waals surface area contributed by atoms with Gasteiger partial charge in [-0.3, -0.25) is 24.2 Å². The number of benzene rings is 2. The minimum atomic E-state index is -0.617. The SMILES string of the molecule is Cc1c(NC(=O)c2nc3c(n2C)CCN(CCO)C3)cccc1-c1cccc(NC(=O)c2nc3c(n2C)CCN(CCC24CCC(C(=O)O)(CC2)C4)C3)c1C. The summed E-state index contributed by atoms with van der Waals surface area (Å²) in [6.45, 7) is 8.56. The highest BCUT2D eigenvalue weighted by atomic mass is 16.4. The predicted molar refractivity (Wildman–Crippen MR) is 209 cm³/mol. The summed E-state index contributed by atoms with van der Waals surface area (Å²) in [6.07, 6.45) is 7.03. The first-order valence-electron chi connectivity index (χ1n) is 19.6. The van der Waals surface area contributed by atoms with E-state index in [9.17, 15) is 24.6 Å². The van der Waals surface area contributed by atoms with Gasteiger partial charge in [-0.15, -0.1) is 0 Å². The van der Waals surface area contributed by atoms with Gasteiger partial charge in [0.2, 0.25) is 0 Å². The number of aliphatic carboxylic acids is 1. The molecule has 8 rings (SSSR count). The molecule has 2 bridgehead atoms. The van der Waals surface area contributed by atoms with Crippen LogP contribution in [0.4, 0.5) is 11.4 Å². The molecule has 290 valence electrons. The maximum atomic E-state index is 13.8. The van der Waals surface area contributed by atoms with E-state index in [-0.39, 0.29) is 23.8 Å². The Morgan fingerprint density at radius 2 is 1.24 bits per heavy atom. The quantitative estimate of drug-likeness (QED) is 0.164. The molecule has 55 heavy (non-hydrogen) atoms. The molecule has 4 aliphatic rings. The second-order valence-electron chi connectivity index (χ2n) is 16.4. The number of aliphatic hydroxyl groups excluding tert-OH is 1. The van der Waals surface area contributed by atoms with E-state index in [2.05, 4.69) is 20.4 Å². The fourth-order valence-corrected chi connectivity index (χ4v) is 9.93. The van der Waals surface area contributed by atoms with E-state index in [1.807, 2.05) is 73.5 Å². The highest BCUT2D eigenvalue weighted by Gasteiger charge is 2.57. The number of rotatable bonds is 11. The van der Waals surface area contributed by atoms with E-state index >= 15 is 0 Å². The third-order valence-electron chi connectivity index (χ3n) is 13.3. The molecule has 2 aliphatic carbocycles. The first kappa shape index (κ1) is 37.1. The van der Waals surface area contributed by atoms with E-state index in [0.717, 1.165) is 116 Å². The molecule has 2 fully saturated rings. The Morgan fingerprint density at radius 3 is 1.69 bits per heavy atom. The number of fused-ring (bicyclic) bond motifs is 4. The Balaban J connectivity index is 0.942. The van der Waals surface area contributed by atoms with Gasteiger partial charge in [0, 0.05) is 82.4 Å². The second kappa shape index (κ2) is 14.3. The molecule has 4 aromatic rings. The summed E-state index contributed by atoms with van der Waals surface area (Å²) < 4.78 is 3.80.